The Morgan fingerprint density at radius 3 is 2.71 bits per heavy atom. The van der Waals surface area contributed by atoms with E-state index >= 15 is 0 Å². The number of hydrogen-bond acceptors (Lipinski definition) is 2. The summed E-state index contributed by atoms with van der Waals surface area (Å²) in [7, 11) is 0. The molecule has 0 amide bonds. The van der Waals surface area contributed by atoms with E-state index in [2.05, 4.69) is 15.9 Å². The van der Waals surface area contributed by atoms with Crippen LogP contribution >= 0.6 is 38.9 Å². The molecule has 17 heavy (non-hydrogen) atoms. The summed E-state index contributed by atoms with van der Waals surface area (Å²) in [6, 6.07) is 9.64. The van der Waals surface area contributed by atoms with E-state index in [4.69, 9.17) is 11.6 Å². The van der Waals surface area contributed by atoms with E-state index in [0.717, 1.165) is 14.9 Å². The Labute approximate surface area is 118 Å². The Morgan fingerprint density at radius 2 is 2.12 bits per heavy atom. The standard InChI is InChI=1S/C13H12BrClOS/c1-8-6-10(14)13(17-8)12(16)7-9-4-2-3-5-11(9)15/h2-6,12,16H,7H2,1H3. The molecule has 1 unspecified atom stereocenters. The topological polar surface area (TPSA) is 20.2 Å². The van der Waals surface area contributed by atoms with Crippen molar-refractivity contribution in [2.75, 3.05) is 0 Å². The van der Waals surface area contributed by atoms with Gasteiger partial charge in [0, 0.05) is 25.7 Å². The van der Waals surface area contributed by atoms with Gasteiger partial charge in [-0.3, -0.25) is 0 Å². The summed E-state index contributed by atoms with van der Waals surface area (Å²) in [5.74, 6) is 0. The summed E-state index contributed by atoms with van der Waals surface area (Å²) < 4.78 is 0.972. The van der Waals surface area contributed by atoms with Crippen LogP contribution in [0, 0.1) is 6.92 Å². The minimum Gasteiger partial charge on any atom is -0.387 e. The first-order chi connectivity index (χ1) is 8.08. The SMILES string of the molecule is Cc1cc(Br)c(C(O)Cc2ccccc2Cl)s1. The van der Waals surface area contributed by atoms with Crippen molar-refractivity contribution >= 4 is 38.9 Å². The third-order valence-corrected chi connectivity index (χ3v) is 4.95. The predicted octanol–water partition coefficient (Wildman–Crippen LogP) is 4.75. The van der Waals surface area contributed by atoms with E-state index in [1.54, 1.807) is 11.3 Å². The molecule has 90 valence electrons. The zero-order chi connectivity index (χ0) is 12.4. The lowest BCUT2D eigenvalue weighted by Gasteiger charge is -2.10. The minimum atomic E-state index is -0.511. The summed E-state index contributed by atoms with van der Waals surface area (Å²) >= 11 is 11.2. The fraction of sp³-hybridized carbons (Fsp3) is 0.231. The molecule has 2 aromatic rings. The second kappa shape index (κ2) is 5.53. The first-order valence-electron chi connectivity index (χ1n) is 5.25. The van der Waals surface area contributed by atoms with Gasteiger partial charge in [0.05, 0.1) is 6.10 Å². The van der Waals surface area contributed by atoms with E-state index < -0.39 is 6.10 Å². The minimum absolute atomic E-state index is 0.511. The molecule has 4 heteroatoms. The van der Waals surface area contributed by atoms with Crippen LogP contribution in [-0.4, -0.2) is 5.11 Å². The van der Waals surface area contributed by atoms with Crippen LogP contribution in [0.2, 0.25) is 5.02 Å². The zero-order valence-electron chi connectivity index (χ0n) is 9.28. The molecule has 0 saturated heterocycles. The molecule has 0 radical (unpaired) electrons. The van der Waals surface area contributed by atoms with E-state index in [-0.39, 0.29) is 0 Å². The average Bonchev–Trinajstić information content (AvgIpc) is 2.61. The first-order valence-corrected chi connectivity index (χ1v) is 7.24. The fourth-order valence-corrected chi connectivity index (χ4v) is 3.81. The highest BCUT2D eigenvalue weighted by Crippen LogP contribution is 2.34. The Kier molecular flexibility index (Phi) is 4.26. The highest BCUT2D eigenvalue weighted by molar-refractivity contribution is 9.10. The molecule has 1 aromatic heterocycles. The lowest BCUT2D eigenvalue weighted by Crippen LogP contribution is -2.00. The Balaban J connectivity index is 2.20. The van der Waals surface area contributed by atoms with Gasteiger partial charge in [0.15, 0.2) is 0 Å². The van der Waals surface area contributed by atoms with Gasteiger partial charge in [0.1, 0.15) is 0 Å². The summed E-state index contributed by atoms with van der Waals surface area (Å²) in [5, 5.41) is 10.9. The largest absolute Gasteiger partial charge is 0.387 e. The lowest BCUT2D eigenvalue weighted by molar-refractivity contribution is 0.181. The molecule has 0 aliphatic heterocycles. The van der Waals surface area contributed by atoms with Gasteiger partial charge < -0.3 is 5.11 Å². The van der Waals surface area contributed by atoms with Crippen molar-refractivity contribution in [1.82, 2.24) is 0 Å². The highest BCUT2D eigenvalue weighted by Gasteiger charge is 2.16. The summed E-state index contributed by atoms with van der Waals surface area (Å²) in [6.45, 7) is 2.03. The molecule has 2 rings (SSSR count). The fourth-order valence-electron chi connectivity index (χ4n) is 1.69. The number of halogens is 2. The first kappa shape index (κ1) is 13.1. The molecule has 0 saturated carbocycles. The summed E-state index contributed by atoms with van der Waals surface area (Å²) in [4.78, 5) is 2.15. The van der Waals surface area contributed by atoms with Crippen molar-refractivity contribution in [3.63, 3.8) is 0 Å². The van der Waals surface area contributed by atoms with Crippen LogP contribution in [0.25, 0.3) is 0 Å². The lowest BCUT2D eigenvalue weighted by atomic mass is 10.1. The molecule has 1 nitrogen and oxygen atoms in total. The third kappa shape index (κ3) is 3.10. The molecule has 1 aromatic carbocycles. The van der Waals surface area contributed by atoms with Gasteiger partial charge in [-0.25, -0.2) is 0 Å². The highest BCUT2D eigenvalue weighted by atomic mass is 79.9. The quantitative estimate of drug-likeness (QED) is 0.860. The maximum atomic E-state index is 10.2. The van der Waals surface area contributed by atoms with Gasteiger partial charge in [-0.2, -0.15) is 0 Å². The number of benzene rings is 1. The summed E-state index contributed by atoms with van der Waals surface area (Å²) in [5.41, 5.74) is 0.972. The Morgan fingerprint density at radius 1 is 1.41 bits per heavy atom. The van der Waals surface area contributed by atoms with Gasteiger partial charge in [-0.05, 0) is 40.5 Å². The van der Waals surface area contributed by atoms with Crippen LogP contribution in [0.15, 0.2) is 34.8 Å². The van der Waals surface area contributed by atoms with Crippen LogP contribution in [0.4, 0.5) is 0 Å². The number of hydrogen-bond donors (Lipinski definition) is 1. The maximum absolute atomic E-state index is 10.2. The molecule has 1 atom stereocenters. The van der Waals surface area contributed by atoms with Crippen molar-refractivity contribution < 1.29 is 5.11 Å². The van der Waals surface area contributed by atoms with Crippen LogP contribution in [0.3, 0.4) is 0 Å². The average molecular weight is 332 g/mol. The van der Waals surface area contributed by atoms with Crippen molar-refractivity contribution in [3.05, 3.63) is 55.1 Å². The van der Waals surface area contributed by atoms with Crippen molar-refractivity contribution in [2.45, 2.75) is 19.4 Å². The number of aliphatic hydroxyl groups excluding tert-OH is 1. The molecule has 1 heterocycles. The van der Waals surface area contributed by atoms with Crippen molar-refractivity contribution in [3.8, 4) is 0 Å². The monoisotopic (exact) mass is 330 g/mol. The van der Waals surface area contributed by atoms with E-state index in [1.165, 1.54) is 4.88 Å². The summed E-state index contributed by atoms with van der Waals surface area (Å²) in [6.07, 6.45) is 0.0288. The molecular weight excluding hydrogens is 320 g/mol. The number of aryl methyl sites for hydroxylation is 1. The molecule has 0 bridgehead atoms. The van der Waals surface area contributed by atoms with Crippen molar-refractivity contribution in [2.24, 2.45) is 0 Å². The van der Waals surface area contributed by atoms with Crippen LogP contribution in [-0.2, 0) is 6.42 Å². The maximum Gasteiger partial charge on any atom is 0.0934 e. The smallest absolute Gasteiger partial charge is 0.0934 e. The van der Waals surface area contributed by atoms with E-state index in [0.29, 0.717) is 11.4 Å². The number of aliphatic hydroxyl groups is 1. The van der Waals surface area contributed by atoms with Gasteiger partial charge in [-0.15, -0.1) is 11.3 Å². The molecule has 0 aliphatic rings. The second-order valence-electron chi connectivity index (χ2n) is 3.88. The van der Waals surface area contributed by atoms with Gasteiger partial charge >= 0.3 is 0 Å². The molecule has 0 aliphatic carbocycles. The third-order valence-electron chi connectivity index (χ3n) is 2.51. The van der Waals surface area contributed by atoms with Crippen molar-refractivity contribution in [1.29, 1.82) is 0 Å². The van der Waals surface area contributed by atoms with Crippen LogP contribution in [0.1, 0.15) is 21.4 Å². The molecule has 0 fully saturated rings. The predicted molar refractivity (Wildman–Crippen MR) is 76.9 cm³/mol. The Hall–Kier alpha value is -0.350. The van der Waals surface area contributed by atoms with E-state index in [9.17, 15) is 5.11 Å². The van der Waals surface area contributed by atoms with Gasteiger partial charge in [0.25, 0.3) is 0 Å². The second-order valence-corrected chi connectivity index (χ2v) is 6.43. The zero-order valence-corrected chi connectivity index (χ0v) is 12.4. The van der Waals surface area contributed by atoms with Crippen LogP contribution < -0.4 is 0 Å². The molecule has 0 spiro atoms. The molecule has 1 N–H and O–H groups in total. The van der Waals surface area contributed by atoms with Gasteiger partial charge in [0.2, 0.25) is 0 Å². The normalized spacial score (nSPS) is 12.7. The number of rotatable bonds is 3. The Bertz CT molecular complexity index is 524. The van der Waals surface area contributed by atoms with Gasteiger partial charge in [-0.1, -0.05) is 29.8 Å². The number of thiophene rings is 1. The molecular formula is C13H12BrClOS. The van der Waals surface area contributed by atoms with E-state index in [1.807, 2.05) is 37.3 Å². The van der Waals surface area contributed by atoms with Crippen LogP contribution in [0.5, 0.6) is 0 Å².